The fourth-order valence-electron chi connectivity index (χ4n) is 1.76. The van der Waals surface area contributed by atoms with Gasteiger partial charge in [0.05, 0.1) is 0 Å². The van der Waals surface area contributed by atoms with E-state index in [4.69, 9.17) is 5.11 Å². The number of nitrogens with zero attached hydrogens (tertiary/aromatic N) is 1. The van der Waals surface area contributed by atoms with E-state index in [1.807, 2.05) is 11.4 Å². The molecule has 2 heterocycles. The van der Waals surface area contributed by atoms with E-state index >= 15 is 0 Å². The monoisotopic (exact) mass is 254 g/mol. The lowest BCUT2D eigenvalue weighted by molar-refractivity contribution is -0.138. The van der Waals surface area contributed by atoms with Gasteiger partial charge in [0.25, 0.3) is 0 Å². The number of carboxylic acids is 1. The van der Waals surface area contributed by atoms with Crippen LogP contribution in [0, 0.1) is 0 Å². The summed E-state index contributed by atoms with van der Waals surface area (Å²) in [4.78, 5) is 25.4. The Morgan fingerprint density at radius 2 is 2.35 bits per heavy atom. The Labute approximate surface area is 103 Å². The first-order valence-corrected chi connectivity index (χ1v) is 6.29. The van der Waals surface area contributed by atoms with Crippen molar-refractivity contribution >= 4 is 23.3 Å². The summed E-state index contributed by atoms with van der Waals surface area (Å²) in [5.74, 6) is -1.02. The molecule has 2 rings (SSSR count). The van der Waals surface area contributed by atoms with Crippen LogP contribution in [0.5, 0.6) is 0 Å². The molecule has 1 aromatic heterocycles. The number of urea groups is 1. The summed E-state index contributed by atoms with van der Waals surface area (Å²) in [6.45, 7) is 2.67. The molecule has 1 atom stereocenters. The van der Waals surface area contributed by atoms with Crippen molar-refractivity contribution in [2.75, 3.05) is 6.54 Å². The Morgan fingerprint density at radius 1 is 1.59 bits per heavy atom. The number of hydrogen-bond acceptors (Lipinski definition) is 3. The summed E-state index contributed by atoms with van der Waals surface area (Å²) in [6, 6.07) is 0.850. The van der Waals surface area contributed by atoms with E-state index in [2.05, 4.69) is 5.32 Å². The van der Waals surface area contributed by atoms with E-state index in [9.17, 15) is 9.59 Å². The summed E-state index contributed by atoms with van der Waals surface area (Å²) >= 11 is 1.71. The molecule has 0 aliphatic carbocycles. The zero-order chi connectivity index (χ0) is 12.4. The molecule has 1 unspecified atom stereocenters. The second kappa shape index (κ2) is 4.75. The Kier molecular flexibility index (Phi) is 3.33. The molecule has 17 heavy (non-hydrogen) atoms. The molecule has 0 spiro atoms. The highest BCUT2D eigenvalue weighted by molar-refractivity contribution is 7.10. The minimum absolute atomic E-state index is 0.309. The van der Waals surface area contributed by atoms with Gasteiger partial charge in [-0.1, -0.05) is 0 Å². The molecule has 0 fully saturated rings. The molecule has 0 radical (unpaired) electrons. The van der Waals surface area contributed by atoms with Crippen LogP contribution in [0.4, 0.5) is 4.79 Å². The maximum atomic E-state index is 11.8. The van der Waals surface area contributed by atoms with Crippen LogP contribution in [0.25, 0.3) is 0 Å². The minimum atomic E-state index is -1.02. The number of nitrogens with one attached hydrogen (secondary N) is 1. The lowest BCUT2D eigenvalue weighted by Crippen LogP contribution is -2.47. The quantitative estimate of drug-likeness (QED) is 0.835. The Morgan fingerprint density at radius 3 is 3.06 bits per heavy atom. The third-order valence-corrected chi connectivity index (χ3v) is 3.83. The molecule has 0 saturated carbocycles. The second-order valence-electron chi connectivity index (χ2n) is 4.05. The van der Waals surface area contributed by atoms with Crippen molar-refractivity contribution in [1.82, 2.24) is 10.2 Å². The number of thiophene rings is 1. The topological polar surface area (TPSA) is 69.6 Å². The average Bonchev–Trinajstić information content (AvgIpc) is 2.75. The van der Waals surface area contributed by atoms with Gasteiger partial charge in [0.1, 0.15) is 6.04 Å². The molecule has 0 bridgehead atoms. The lowest BCUT2D eigenvalue weighted by atomic mass is 10.1. The SMILES string of the molecule is CC(NC(=O)N1CCc2sccc2C1)C(=O)O. The van der Waals surface area contributed by atoms with Crippen LogP contribution in [0.2, 0.25) is 0 Å². The number of rotatable bonds is 2. The molecule has 1 aromatic rings. The first-order valence-electron chi connectivity index (χ1n) is 5.41. The maximum absolute atomic E-state index is 11.8. The number of carbonyl (C=O) groups is 2. The Balaban J connectivity index is 1.96. The highest BCUT2D eigenvalue weighted by Crippen LogP contribution is 2.23. The molecule has 92 valence electrons. The van der Waals surface area contributed by atoms with Crippen LogP contribution < -0.4 is 5.32 Å². The van der Waals surface area contributed by atoms with Gasteiger partial charge in [-0.3, -0.25) is 4.79 Å². The van der Waals surface area contributed by atoms with Gasteiger partial charge in [-0.25, -0.2) is 4.79 Å². The second-order valence-corrected chi connectivity index (χ2v) is 5.05. The number of fused-ring (bicyclic) bond motifs is 1. The fraction of sp³-hybridized carbons (Fsp3) is 0.455. The van der Waals surface area contributed by atoms with Gasteiger partial charge in [-0.2, -0.15) is 0 Å². The largest absolute Gasteiger partial charge is 0.480 e. The van der Waals surface area contributed by atoms with Crippen LogP contribution in [0.15, 0.2) is 11.4 Å². The van der Waals surface area contributed by atoms with E-state index in [1.54, 1.807) is 16.2 Å². The highest BCUT2D eigenvalue weighted by Gasteiger charge is 2.23. The van der Waals surface area contributed by atoms with Gasteiger partial charge >= 0.3 is 12.0 Å². The fourth-order valence-corrected chi connectivity index (χ4v) is 2.65. The minimum Gasteiger partial charge on any atom is -0.480 e. The van der Waals surface area contributed by atoms with Crippen molar-refractivity contribution in [3.05, 3.63) is 21.9 Å². The smallest absolute Gasteiger partial charge is 0.325 e. The maximum Gasteiger partial charge on any atom is 0.325 e. The van der Waals surface area contributed by atoms with Crippen LogP contribution in [0.1, 0.15) is 17.4 Å². The molecule has 2 N–H and O–H groups in total. The predicted octanol–water partition coefficient (Wildman–Crippen LogP) is 1.29. The zero-order valence-electron chi connectivity index (χ0n) is 9.47. The summed E-state index contributed by atoms with van der Waals surface area (Å²) in [6.07, 6.45) is 0.849. The number of carboxylic acid groups (broad SMARTS) is 1. The molecule has 1 aliphatic heterocycles. The lowest BCUT2D eigenvalue weighted by Gasteiger charge is -2.27. The molecule has 1 aliphatic rings. The van der Waals surface area contributed by atoms with Gasteiger partial charge in [0.2, 0.25) is 0 Å². The third kappa shape index (κ3) is 2.58. The van der Waals surface area contributed by atoms with Crippen LogP contribution in [0.3, 0.4) is 0 Å². The van der Waals surface area contributed by atoms with Crippen molar-refractivity contribution in [1.29, 1.82) is 0 Å². The van der Waals surface area contributed by atoms with Crippen molar-refractivity contribution in [3.63, 3.8) is 0 Å². The summed E-state index contributed by atoms with van der Waals surface area (Å²) < 4.78 is 0. The number of hydrogen-bond donors (Lipinski definition) is 2. The van der Waals surface area contributed by atoms with E-state index in [0.29, 0.717) is 13.1 Å². The first kappa shape index (κ1) is 11.9. The van der Waals surface area contributed by atoms with Crippen molar-refractivity contribution < 1.29 is 14.7 Å². The number of aliphatic carboxylic acids is 1. The van der Waals surface area contributed by atoms with Crippen LogP contribution in [-0.4, -0.2) is 34.6 Å². The normalized spacial score (nSPS) is 16.2. The van der Waals surface area contributed by atoms with Gasteiger partial charge in [-0.15, -0.1) is 11.3 Å². The number of amides is 2. The van der Waals surface area contributed by atoms with Gasteiger partial charge in [-0.05, 0) is 30.4 Å². The summed E-state index contributed by atoms with van der Waals surface area (Å²) in [5, 5.41) is 13.2. The van der Waals surface area contributed by atoms with Gasteiger partial charge < -0.3 is 15.3 Å². The van der Waals surface area contributed by atoms with Crippen LogP contribution >= 0.6 is 11.3 Å². The van der Waals surface area contributed by atoms with Crippen molar-refractivity contribution in [3.8, 4) is 0 Å². The zero-order valence-corrected chi connectivity index (χ0v) is 10.3. The summed E-state index contributed by atoms with van der Waals surface area (Å²) in [7, 11) is 0. The average molecular weight is 254 g/mol. The summed E-state index contributed by atoms with van der Waals surface area (Å²) in [5.41, 5.74) is 1.17. The molecule has 0 saturated heterocycles. The molecule has 6 heteroatoms. The van der Waals surface area contributed by atoms with Crippen LogP contribution in [-0.2, 0) is 17.8 Å². The predicted molar refractivity (Wildman–Crippen MR) is 64.1 cm³/mol. The van der Waals surface area contributed by atoms with Gasteiger partial charge in [0, 0.05) is 18.0 Å². The third-order valence-electron chi connectivity index (χ3n) is 2.81. The highest BCUT2D eigenvalue weighted by atomic mass is 32.1. The van der Waals surface area contributed by atoms with E-state index < -0.39 is 12.0 Å². The Hall–Kier alpha value is -1.56. The Bertz CT molecular complexity index is 444. The van der Waals surface area contributed by atoms with Crippen molar-refractivity contribution in [2.24, 2.45) is 0 Å². The molecule has 5 nitrogen and oxygen atoms in total. The molecular formula is C11H14N2O3S. The molecular weight excluding hydrogens is 240 g/mol. The van der Waals surface area contributed by atoms with Crippen molar-refractivity contribution in [2.45, 2.75) is 25.9 Å². The van der Waals surface area contributed by atoms with E-state index in [0.717, 1.165) is 6.42 Å². The van der Waals surface area contributed by atoms with E-state index in [1.165, 1.54) is 17.4 Å². The molecule has 2 amide bonds. The first-order chi connectivity index (χ1) is 8.08. The van der Waals surface area contributed by atoms with E-state index in [-0.39, 0.29) is 6.03 Å². The number of carbonyl (C=O) groups excluding carboxylic acids is 1. The standard InChI is InChI=1S/C11H14N2O3S/c1-7(10(14)15)12-11(16)13-4-2-9-8(6-13)3-5-17-9/h3,5,7H,2,4,6H2,1H3,(H,12,16)(H,14,15). The van der Waals surface area contributed by atoms with Gasteiger partial charge in [0.15, 0.2) is 0 Å². The molecule has 0 aromatic carbocycles.